The fourth-order valence-corrected chi connectivity index (χ4v) is 4.14. The van der Waals surface area contributed by atoms with Crippen LogP contribution in [0.2, 0.25) is 0 Å². The van der Waals surface area contributed by atoms with Crippen LogP contribution in [-0.2, 0) is 11.8 Å². The first-order valence-electron chi connectivity index (χ1n) is 9.19. The van der Waals surface area contributed by atoms with Crippen LogP contribution in [0.1, 0.15) is 33.3 Å². The van der Waals surface area contributed by atoms with Gasteiger partial charge in [-0.3, -0.25) is 9.78 Å². The van der Waals surface area contributed by atoms with Crippen molar-refractivity contribution in [2.75, 3.05) is 6.61 Å². The van der Waals surface area contributed by atoms with E-state index in [9.17, 15) is 9.59 Å². The van der Waals surface area contributed by atoms with Crippen LogP contribution >= 0.6 is 11.3 Å². The van der Waals surface area contributed by atoms with E-state index in [2.05, 4.69) is 9.98 Å². The number of benzene rings is 2. The molecule has 0 aliphatic carbocycles. The van der Waals surface area contributed by atoms with Gasteiger partial charge in [-0.25, -0.2) is 4.79 Å². The van der Waals surface area contributed by atoms with Crippen LogP contribution in [0.3, 0.4) is 0 Å². The van der Waals surface area contributed by atoms with Gasteiger partial charge in [-0.15, -0.1) is 0 Å². The molecular formula is C22H19N3O3S. The number of esters is 1. The van der Waals surface area contributed by atoms with Gasteiger partial charge in [-0.05, 0) is 50.2 Å². The monoisotopic (exact) mass is 405 g/mol. The number of pyridine rings is 1. The lowest BCUT2D eigenvalue weighted by Crippen LogP contribution is -2.13. The molecule has 0 aliphatic rings. The first-order valence-corrected chi connectivity index (χ1v) is 10.0. The van der Waals surface area contributed by atoms with Crippen LogP contribution in [0.15, 0.2) is 53.5 Å². The second kappa shape index (κ2) is 7.60. The number of thiazole rings is 1. The largest absolute Gasteiger partial charge is 0.462 e. The lowest BCUT2D eigenvalue weighted by Gasteiger charge is -2.02. The third kappa shape index (κ3) is 3.69. The molecule has 0 saturated carbocycles. The topological polar surface area (TPSA) is 73.6 Å². The maximum absolute atomic E-state index is 12.8. The lowest BCUT2D eigenvalue weighted by molar-refractivity contribution is 0.0526. The van der Waals surface area contributed by atoms with Gasteiger partial charge in [-0.1, -0.05) is 23.5 Å². The summed E-state index contributed by atoms with van der Waals surface area (Å²) in [6.07, 6.45) is 0. The Kier molecular flexibility index (Phi) is 4.98. The molecule has 2 aromatic heterocycles. The highest BCUT2D eigenvalue weighted by molar-refractivity contribution is 7.16. The summed E-state index contributed by atoms with van der Waals surface area (Å²) in [5.41, 5.74) is 3.53. The molecule has 1 amide bonds. The molecule has 2 aromatic carbocycles. The molecule has 6 nitrogen and oxygen atoms in total. The normalized spacial score (nSPS) is 11.9. The van der Waals surface area contributed by atoms with Crippen molar-refractivity contribution in [2.45, 2.75) is 13.8 Å². The highest BCUT2D eigenvalue weighted by Crippen LogP contribution is 2.20. The van der Waals surface area contributed by atoms with Crippen LogP contribution in [0, 0.1) is 6.92 Å². The average molecular weight is 405 g/mol. The van der Waals surface area contributed by atoms with Crippen molar-refractivity contribution in [2.24, 2.45) is 12.0 Å². The Hall–Kier alpha value is -3.32. The Labute approximate surface area is 171 Å². The molecule has 0 radical (unpaired) electrons. The van der Waals surface area contributed by atoms with Gasteiger partial charge in [0, 0.05) is 23.7 Å². The summed E-state index contributed by atoms with van der Waals surface area (Å²) >= 11 is 1.35. The van der Waals surface area contributed by atoms with Gasteiger partial charge in [-0.2, -0.15) is 4.99 Å². The minimum Gasteiger partial charge on any atom is -0.462 e. The number of aryl methyl sites for hydroxylation is 2. The molecule has 4 aromatic rings. The van der Waals surface area contributed by atoms with Crippen LogP contribution in [0.5, 0.6) is 0 Å². The number of carbonyl (C=O) groups is 2. The Balaban J connectivity index is 1.74. The van der Waals surface area contributed by atoms with Crippen LogP contribution in [0.25, 0.3) is 21.1 Å². The predicted molar refractivity (Wildman–Crippen MR) is 113 cm³/mol. The minimum absolute atomic E-state index is 0.324. The SMILES string of the molecule is CCOC(=O)c1ccc2c(c1)sc(=NC(=O)c1ccc3ccc(C)nc3c1)n2C. The Bertz CT molecular complexity index is 1330. The van der Waals surface area contributed by atoms with Crippen molar-refractivity contribution in [3.8, 4) is 0 Å². The number of ether oxygens (including phenoxy) is 1. The second-order valence-corrected chi connectivity index (χ2v) is 7.63. The van der Waals surface area contributed by atoms with Gasteiger partial charge in [0.2, 0.25) is 0 Å². The van der Waals surface area contributed by atoms with Gasteiger partial charge >= 0.3 is 5.97 Å². The van der Waals surface area contributed by atoms with Gasteiger partial charge in [0.15, 0.2) is 4.80 Å². The van der Waals surface area contributed by atoms with Crippen LogP contribution in [-0.4, -0.2) is 28.0 Å². The number of rotatable bonds is 3. The summed E-state index contributed by atoms with van der Waals surface area (Å²) in [5.74, 6) is -0.693. The summed E-state index contributed by atoms with van der Waals surface area (Å²) in [6.45, 7) is 4.01. The van der Waals surface area contributed by atoms with E-state index in [1.165, 1.54) is 11.3 Å². The molecule has 0 aliphatic heterocycles. The summed E-state index contributed by atoms with van der Waals surface area (Å²) in [5, 5.41) is 0.978. The maximum atomic E-state index is 12.8. The molecule has 2 heterocycles. The van der Waals surface area contributed by atoms with E-state index in [0.29, 0.717) is 22.5 Å². The lowest BCUT2D eigenvalue weighted by atomic mass is 10.1. The third-order valence-electron chi connectivity index (χ3n) is 4.60. The molecule has 0 spiro atoms. The van der Waals surface area contributed by atoms with Crippen LogP contribution < -0.4 is 4.80 Å². The molecule has 0 N–H and O–H groups in total. The van der Waals surface area contributed by atoms with Crippen molar-refractivity contribution < 1.29 is 14.3 Å². The highest BCUT2D eigenvalue weighted by atomic mass is 32.1. The average Bonchev–Trinajstić information content (AvgIpc) is 3.02. The number of nitrogens with zero attached hydrogens (tertiary/aromatic N) is 3. The van der Waals surface area contributed by atoms with Crippen molar-refractivity contribution in [1.82, 2.24) is 9.55 Å². The van der Waals surface area contributed by atoms with E-state index in [1.54, 1.807) is 31.2 Å². The van der Waals surface area contributed by atoms with E-state index in [1.807, 2.05) is 42.8 Å². The smallest absolute Gasteiger partial charge is 0.338 e. The van der Waals surface area contributed by atoms with E-state index < -0.39 is 0 Å². The van der Waals surface area contributed by atoms with Crippen molar-refractivity contribution >= 4 is 44.3 Å². The first-order chi connectivity index (χ1) is 14.0. The van der Waals surface area contributed by atoms with E-state index >= 15 is 0 Å². The summed E-state index contributed by atoms with van der Waals surface area (Å²) < 4.78 is 7.76. The zero-order valence-electron chi connectivity index (χ0n) is 16.3. The number of amides is 1. The Morgan fingerprint density at radius 1 is 1.10 bits per heavy atom. The fourth-order valence-electron chi connectivity index (χ4n) is 3.09. The molecule has 146 valence electrons. The zero-order chi connectivity index (χ0) is 20.5. The van der Waals surface area contributed by atoms with Crippen molar-refractivity contribution in [3.63, 3.8) is 0 Å². The molecule has 0 atom stereocenters. The van der Waals surface area contributed by atoms with E-state index in [0.717, 1.165) is 26.8 Å². The third-order valence-corrected chi connectivity index (χ3v) is 5.69. The van der Waals surface area contributed by atoms with E-state index in [-0.39, 0.29) is 11.9 Å². The molecule has 4 rings (SSSR count). The number of fused-ring (bicyclic) bond motifs is 2. The zero-order valence-corrected chi connectivity index (χ0v) is 17.1. The quantitative estimate of drug-likeness (QED) is 0.483. The van der Waals surface area contributed by atoms with Crippen LogP contribution in [0.4, 0.5) is 0 Å². The molecule has 0 saturated heterocycles. The molecule has 0 fully saturated rings. The second-order valence-electron chi connectivity index (χ2n) is 6.62. The molecular weight excluding hydrogens is 386 g/mol. The summed E-state index contributed by atoms with van der Waals surface area (Å²) in [4.78, 5) is 34.1. The molecule has 0 bridgehead atoms. The number of carbonyl (C=O) groups excluding carboxylic acids is 2. The number of hydrogen-bond donors (Lipinski definition) is 0. The van der Waals surface area contributed by atoms with Crippen molar-refractivity contribution in [1.29, 1.82) is 0 Å². The molecule has 29 heavy (non-hydrogen) atoms. The van der Waals surface area contributed by atoms with Gasteiger partial charge in [0.05, 0.1) is 27.9 Å². The maximum Gasteiger partial charge on any atom is 0.338 e. The highest BCUT2D eigenvalue weighted by Gasteiger charge is 2.12. The number of aromatic nitrogens is 2. The summed E-state index contributed by atoms with van der Waals surface area (Å²) in [7, 11) is 1.85. The van der Waals surface area contributed by atoms with E-state index in [4.69, 9.17) is 4.74 Å². The van der Waals surface area contributed by atoms with Gasteiger partial charge in [0.25, 0.3) is 5.91 Å². The van der Waals surface area contributed by atoms with Gasteiger partial charge < -0.3 is 9.30 Å². The first kappa shape index (κ1) is 19.0. The molecule has 7 heteroatoms. The molecule has 0 unspecified atom stereocenters. The minimum atomic E-state index is -0.362. The fraction of sp³-hybridized carbons (Fsp3) is 0.182. The standard InChI is InChI=1S/C22H19N3O3S/c1-4-28-21(27)16-9-10-18-19(12-16)29-22(25(18)3)24-20(26)15-8-7-14-6-5-13(2)23-17(14)11-15/h5-12H,4H2,1-3H3. The number of hydrogen-bond acceptors (Lipinski definition) is 5. The summed E-state index contributed by atoms with van der Waals surface area (Å²) in [6, 6.07) is 14.6. The predicted octanol–water partition coefficient (Wildman–Crippen LogP) is 4.01. The Morgan fingerprint density at radius 2 is 1.86 bits per heavy atom. The van der Waals surface area contributed by atoms with Crippen molar-refractivity contribution in [3.05, 3.63) is 70.2 Å². The van der Waals surface area contributed by atoms with Gasteiger partial charge in [0.1, 0.15) is 0 Å². The Morgan fingerprint density at radius 3 is 2.66 bits per heavy atom.